The maximum Gasteiger partial charge on any atom is 0.232 e. The number of carbonyl (C=O) groups is 1. The maximum absolute atomic E-state index is 12.7. The predicted octanol–water partition coefficient (Wildman–Crippen LogP) is 4.67. The first-order valence-corrected chi connectivity index (χ1v) is 12.1. The van der Waals surface area contributed by atoms with Crippen LogP contribution >= 0.6 is 23.4 Å². The Balaban J connectivity index is 1.39. The van der Waals surface area contributed by atoms with Crippen molar-refractivity contribution in [3.05, 3.63) is 89.7 Å². The number of likely N-dealkylation sites (N-methyl/N-ethyl adjacent to an activating group) is 1. The molecule has 4 rings (SSSR count). The molecule has 2 heterocycles. The van der Waals surface area contributed by atoms with Gasteiger partial charge in [-0.2, -0.15) is 0 Å². The van der Waals surface area contributed by atoms with Crippen molar-refractivity contribution in [1.82, 2.24) is 24.6 Å². The summed E-state index contributed by atoms with van der Waals surface area (Å²) in [4.78, 5) is 18.6. The molecule has 0 spiro atoms. The Kier molecular flexibility index (Phi) is 8.17. The minimum Gasteiger partial charge on any atom is -0.492 e. The number of halogens is 1. The molecule has 2 aromatic heterocycles. The number of nitrogens with zero attached hydrogens (tertiary/aromatic N) is 5. The summed E-state index contributed by atoms with van der Waals surface area (Å²) in [6, 6.07) is 21.1. The minimum atomic E-state index is -0.0121. The Morgan fingerprint density at radius 3 is 2.59 bits per heavy atom. The largest absolute Gasteiger partial charge is 0.492 e. The molecule has 0 saturated carbocycles. The highest BCUT2D eigenvalue weighted by Crippen LogP contribution is 2.25. The van der Waals surface area contributed by atoms with Gasteiger partial charge in [0.2, 0.25) is 5.91 Å². The Labute approximate surface area is 207 Å². The van der Waals surface area contributed by atoms with Crippen molar-refractivity contribution in [2.75, 3.05) is 26.0 Å². The predicted molar refractivity (Wildman–Crippen MR) is 134 cm³/mol. The molecule has 0 unspecified atom stereocenters. The lowest BCUT2D eigenvalue weighted by Crippen LogP contribution is -2.32. The third-order valence-electron chi connectivity index (χ3n) is 5.08. The molecule has 0 aliphatic heterocycles. The standard InChI is InChI=1S/C25H24ClN5O2S/c1-30(14-15-33-22-11-9-21(26)10-12-22)23(32)18-34-25-29-28-24(20-8-5-13-27-16-20)31(25)17-19-6-3-2-4-7-19/h2-13,16H,14-15,17-18H2,1H3. The normalized spacial score (nSPS) is 10.8. The smallest absolute Gasteiger partial charge is 0.232 e. The molecule has 34 heavy (non-hydrogen) atoms. The van der Waals surface area contributed by atoms with Crippen LogP contribution in [0.15, 0.2) is 84.3 Å². The number of aromatic nitrogens is 4. The quantitative estimate of drug-likeness (QED) is 0.299. The van der Waals surface area contributed by atoms with Crippen molar-refractivity contribution in [2.24, 2.45) is 0 Å². The van der Waals surface area contributed by atoms with Gasteiger partial charge in [0, 0.05) is 30.0 Å². The van der Waals surface area contributed by atoms with Gasteiger partial charge in [-0.1, -0.05) is 53.7 Å². The van der Waals surface area contributed by atoms with Crippen LogP contribution < -0.4 is 4.74 Å². The second kappa shape index (κ2) is 11.7. The second-order valence-electron chi connectivity index (χ2n) is 7.53. The number of rotatable bonds is 10. The zero-order valence-electron chi connectivity index (χ0n) is 18.7. The van der Waals surface area contributed by atoms with E-state index in [-0.39, 0.29) is 11.7 Å². The monoisotopic (exact) mass is 493 g/mol. The minimum absolute atomic E-state index is 0.0121. The van der Waals surface area contributed by atoms with Gasteiger partial charge in [0.25, 0.3) is 0 Å². The lowest BCUT2D eigenvalue weighted by atomic mass is 10.2. The van der Waals surface area contributed by atoms with Crippen LogP contribution in [0.1, 0.15) is 5.56 Å². The molecule has 0 N–H and O–H groups in total. The van der Waals surface area contributed by atoms with Gasteiger partial charge in [-0.25, -0.2) is 0 Å². The number of pyridine rings is 1. The molecule has 0 aliphatic rings. The van der Waals surface area contributed by atoms with E-state index >= 15 is 0 Å². The van der Waals surface area contributed by atoms with Crippen LogP contribution in [0.4, 0.5) is 0 Å². The summed E-state index contributed by atoms with van der Waals surface area (Å²) in [5, 5.41) is 10.1. The van der Waals surface area contributed by atoms with Gasteiger partial charge in [0.15, 0.2) is 11.0 Å². The van der Waals surface area contributed by atoms with Gasteiger partial charge >= 0.3 is 0 Å². The van der Waals surface area contributed by atoms with Crippen LogP contribution in [0.25, 0.3) is 11.4 Å². The first kappa shape index (κ1) is 23.8. The maximum atomic E-state index is 12.7. The third-order valence-corrected chi connectivity index (χ3v) is 6.28. The molecule has 7 nitrogen and oxygen atoms in total. The molecule has 0 atom stereocenters. The third kappa shape index (κ3) is 6.36. The Morgan fingerprint density at radius 1 is 1.06 bits per heavy atom. The van der Waals surface area contributed by atoms with Crippen molar-refractivity contribution >= 4 is 29.3 Å². The van der Waals surface area contributed by atoms with Crippen LogP contribution in [-0.2, 0) is 11.3 Å². The van der Waals surface area contributed by atoms with E-state index in [1.165, 1.54) is 11.8 Å². The van der Waals surface area contributed by atoms with E-state index < -0.39 is 0 Å². The Bertz CT molecular complexity index is 1200. The Morgan fingerprint density at radius 2 is 1.85 bits per heavy atom. The lowest BCUT2D eigenvalue weighted by molar-refractivity contribution is -0.127. The van der Waals surface area contributed by atoms with Crippen LogP contribution in [0.2, 0.25) is 5.02 Å². The lowest BCUT2D eigenvalue weighted by Gasteiger charge is -2.17. The molecule has 2 aromatic carbocycles. The van der Waals surface area contributed by atoms with Gasteiger partial charge in [0.1, 0.15) is 12.4 Å². The summed E-state index contributed by atoms with van der Waals surface area (Å²) >= 11 is 7.26. The molecule has 0 fully saturated rings. The fraction of sp³-hybridized carbons (Fsp3) is 0.200. The van der Waals surface area contributed by atoms with Gasteiger partial charge < -0.3 is 9.64 Å². The van der Waals surface area contributed by atoms with Crippen molar-refractivity contribution in [3.8, 4) is 17.1 Å². The van der Waals surface area contributed by atoms with Gasteiger partial charge in [0.05, 0.1) is 18.8 Å². The topological polar surface area (TPSA) is 73.1 Å². The van der Waals surface area contributed by atoms with Crippen molar-refractivity contribution < 1.29 is 9.53 Å². The number of amides is 1. The average molecular weight is 494 g/mol. The van der Waals surface area contributed by atoms with Crippen molar-refractivity contribution in [3.63, 3.8) is 0 Å². The van der Waals surface area contributed by atoms with E-state index in [1.54, 1.807) is 48.6 Å². The number of carbonyl (C=O) groups excluding carboxylic acids is 1. The van der Waals surface area contributed by atoms with E-state index in [0.717, 1.165) is 22.7 Å². The molecule has 0 bridgehead atoms. The summed E-state index contributed by atoms with van der Waals surface area (Å²) in [6.07, 6.45) is 3.49. The summed E-state index contributed by atoms with van der Waals surface area (Å²) in [7, 11) is 1.77. The van der Waals surface area contributed by atoms with Gasteiger partial charge in [-0.3, -0.25) is 14.3 Å². The number of hydrogen-bond donors (Lipinski definition) is 0. The zero-order valence-corrected chi connectivity index (χ0v) is 20.2. The second-order valence-corrected chi connectivity index (χ2v) is 8.90. The molecule has 0 radical (unpaired) electrons. The molecule has 0 saturated heterocycles. The van der Waals surface area contributed by atoms with E-state index in [2.05, 4.69) is 27.3 Å². The summed E-state index contributed by atoms with van der Waals surface area (Å²) in [5.74, 6) is 1.67. The molecule has 4 aromatic rings. The number of benzene rings is 2. The highest BCUT2D eigenvalue weighted by atomic mass is 35.5. The zero-order chi connectivity index (χ0) is 23.8. The fourth-order valence-electron chi connectivity index (χ4n) is 3.21. The van der Waals surface area contributed by atoms with Crippen LogP contribution in [0.5, 0.6) is 5.75 Å². The molecule has 174 valence electrons. The summed E-state index contributed by atoms with van der Waals surface area (Å²) in [6.45, 7) is 1.46. The SMILES string of the molecule is CN(CCOc1ccc(Cl)cc1)C(=O)CSc1nnc(-c2cccnc2)n1Cc1ccccc1. The van der Waals surface area contributed by atoms with Crippen LogP contribution in [0, 0.1) is 0 Å². The Hall–Kier alpha value is -3.36. The van der Waals surface area contributed by atoms with E-state index in [9.17, 15) is 4.79 Å². The van der Waals surface area contributed by atoms with Crippen molar-refractivity contribution in [1.29, 1.82) is 0 Å². The number of hydrogen-bond acceptors (Lipinski definition) is 6. The van der Waals surface area contributed by atoms with Crippen LogP contribution in [-0.4, -0.2) is 56.5 Å². The van der Waals surface area contributed by atoms with E-state index in [0.29, 0.717) is 29.9 Å². The first-order valence-electron chi connectivity index (χ1n) is 10.7. The number of thioether (sulfide) groups is 1. The molecule has 9 heteroatoms. The van der Waals surface area contributed by atoms with Crippen molar-refractivity contribution in [2.45, 2.75) is 11.7 Å². The summed E-state index contributed by atoms with van der Waals surface area (Å²) < 4.78 is 7.71. The highest BCUT2D eigenvalue weighted by molar-refractivity contribution is 7.99. The van der Waals surface area contributed by atoms with E-state index in [1.807, 2.05) is 34.9 Å². The summed E-state index contributed by atoms with van der Waals surface area (Å²) in [5.41, 5.74) is 2.00. The molecule has 1 amide bonds. The van der Waals surface area contributed by atoms with E-state index in [4.69, 9.17) is 16.3 Å². The van der Waals surface area contributed by atoms with Crippen LogP contribution in [0.3, 0.4) is 0 Å². The average Bonchev–Trinajstić information content (AvgIpc) is 3.27. The molecular weight excluding hydrogens is 470 g/mol. The number of ether oxygens (including phenoxy) is 1. The van der Waals surface area contributed by atoms with Gasteiger partial charge in [-0.15, -0.1) is 10.2 Å². The highest BCUT2D eigenvalue weighted by Gasteiger charge is 2.17. The first-order chi connectivity index (χ1) is 16.6. The van der Waals surface area contributed by atoms with Gasteiger partial charge in [-0.05, 0) is 42.0 Å². The molecule has 0 aliphatic carbocycles. The fourth-order valence-corrected chi connectivity index (χ4v) is 4.21. The molecular formula is C25H24ClN5O2S.